The number of ether oxygens (including phenoxy) is 1. The standard InChI is InChI=1S/C15H24FNO/c1-5-18-15-10-13(16)8-9-14(15)17-12(4)7-6-11(2)3/h8-12,17H,5-7H2,1-4H3. The second-order valence-electron chi connectivity index (χ2n) is 5.09. The van der Waals surface area contributed by atoms with Crippen LogP contribution in [0.3, 0.4) is 0 Å². The van der Waals surface area contributed by atoms with E-state index in [4.69, 9.17) is 4.74 Å². The highest BCUT2D eigenvalue weighted by Gasteiger charge is 2.09. The van der Waals surface area contributed by atoms with Crippen molar-refractivity contribution in [3.8, 4) is 5.75 Å². The van der Waals surface area contributed by atoms with Crippen molar-refractivity contribution in [1.82, 2.24) is 0 Å². The fourth-order valence-electron chi connectivity index (χ4n) is 1.81. The van der Waals surface area contributed by atoms with Gasteiger partial charge in [-0.1, -0.05) is 13.8 Å². The zero-order valence-electron chi connectivity index (χ0n) is 11.8. The van der Waals surface area contributed by atoms with Gasteiger partial charge in [0.2, 0.25) is 0 Å². The monoisotopic (exact) mass is 253 g/mol. The molecule has 0 aliphatic rings. The number of rotatable bonds is 7. The molecule has 0 aromatic heterocycles. The Morgan fingerprint density at radius 2 is 1.94 bits per heavy atom. The Morgan fingerprint density at radius 3 is 2.56 bits per heavy atom. The first-order chi connectivity index (χ1) is 8.52. The Morgan fingerprint density at radius 1 is 1.22 bits per heavy atom. The minimum absolute atomic E-state index is 0.265. The molecule has 0 saturated carbocycles. The molecule has 3 heteroatoms. The number of hydrogen-bond donors (Lipinski definition) is 1. The lowest BCUT2D eigenvalue weighted by Crippen LogP contribution is -2.16. The van der Waals surface area contributed by atoms with Crippen LogP contribution >= 0.6 is 0 Å². The van der Waals surface area contributed by atoms with Gasteiger partial charge in [-0.05, 0) is 44.7 Å². The second-order valence-corrected chi connectivity index (χ2v) is 5.09. The van der Waals surface area contributed by atoms with Gasteiger partial charge in [-0.15, -0.1) is 0 Å². The van der Waals surface area contributed by atoms with Gasteiger partial charge < -0.3 is 10.1 Å². The lowest BCUT2D eigenvalue weighted by Gasteiger charge is -2.19. The van der Waals surface area contributed by atoms with E-state index in [1.54, 1.807) is 6.07 Å². The maximum atomic E-state index is 13.2. The summed E-state index contributed by atoms with van der Waals surface area (Å²) in [5, 5.41) is 3.39. The molecule has 0 aliphatic heterocycles. The van der Waals surface area contributed by atoms with Crippen LogP contribution in [-0.4, -0.2) is 12.6 Å². The quantitative estimate of drug-likeness (QED) is 0.774. The molecule has 1 N–H and O–H groups in total. The minimum atomic E-state index is -0.265. The first-order valence-electron chi connectivity index (χ1n) is 6.71. The molecule has 1 atom stereocenters. The maximum Gasteiger partial charge on any atom is 0.145 e. The van der Waals surface area contributed by atoms with Gasteiger partial charge in [-0.25, -0.2) is 4.39 Å². The Hall–Kier alpha value is -1.25. The summed E-state index contributed by atoms with van der Waals surface area (Å²) < 4.78 is 18.6. The van der Waals surface area contributed by atoms with Crippen LogP contribution in [0.4, 0.5) is 10.1 Å². The topological polar surface area (TPSA) is 21.3 Å². The third-order valence-electron chi connectivity index (χ3n) is 2.82. The molecule has 0 radical (unpaired) electrons. The molecule has 0 saturated heterocycles. The molecule has 1 aromatic rings. The fourth-order valence-corrected chi connectivity index (χ4v) is 1.81. The molecular formula is C15H24FNO. The lowest BCUT2D eigenvalue weighted by atomic mass is 10.0. The van der Waals surface area contributed by atoms with E-state index >= 15 is 0 Å². The maximum absolute atomic E-state index is 13.2. The fraction of sp³-hybridized carbons (Fsp3) is 0.600. The van der Waals surface area contributed by atoms with Gasteiger partial charge in [0.15, 0.2) is 0 Å². The Balaban J connectivity index is 2.64. The van der Waals surface area contributed by atoms with E-state index in [9.17, 15) is 4.39 Å². The molecule has 2 nitrogen and oxygen atoms in total. The van der Waals surface area contributed by atoms with Crippen molar-refractivity contribution in [3.63, 3.8) is 0 Å². The Kier molecular flexibility index (Phi) is 5.96. The highest BCUT2D eigenvalue weighted by molar-refractivity contribution is 5.56. The highest BCUT2D eigenvalue weighted by Crippen LogP contribution is 2.26. The summed E-state index contributed by atoms with van der Waals surface area (Å²) in [6.07, 6.45) is 2.28. The summed E-state index contributed by atoms with van der Waals surface area (Å²) in [5.41, 5.74) is 0.870. The van der Waals surface area contributed by atoms with Crippen LogP contribution in [-0.2, 0) is 0 Å². The van der Waals surface area contributed by atoms with Crippen LogP contribution in [0.15, 0.2) is 18.2 Å². The van der Waals surface area contributed by atoms with Crippen LogP contribution in [0.2, 0.25) is 0 Å². The zero-order chi connectivity index (χ0) is 13.5. The number of halogens is 1. The molecule has 0 heterocycles. The van der Waals surface area contributed by atoms with Crippen LogP contribution in [0.1, 0.15) is 40.5 Å². The largest absolute Gasteiger partial charge is 0.492 e. The normalized spacial score (nSPS) is 12.6. The van der Waals surface area contributed by atoms with Crippen LogP contribution < -0.4 is 10.1 Å². The molecule has 0 amide bonds. The highest BCUT2D eigenvalue weighted by atomic mass is 19.1. The van der Waals surface area contributed by atoms with E-state index < -0.39 is 0 Å². The molecule has 1 aromatic carbocycles. The first-order valence-corrected chi connectivity index (χ1v) is 6.71. The molecule has 102 valence electrons. The van der Waals surface area contributed by atoms with Gasteiger partial charge in [0, 0.05) is 12.1 Å². The predicted molar refractivity (Wildman–Crippen MR) is 74.7 cm³/mol. The van der Waals surface area contributed by atoms with Gasteiger partial charge in [0.1, 0.15) is 11.6 Å². The minimum Gasteiger partial charge on any atom is -0.492 e. The summed E-state index contributed by atoms with van der Waals surface area (Å²) in [5.74, 6) is 1.03. The lowest BCUT2D eigenvalue weighted by molar-refractivity contribution is 0.339. The van der Waals surface area contributed by atoms with Crippen molar-refractivity contribution >= 4 is 5.69 Å². The van der Waals surface area contributed by atoms with Crippen LogP contribution in [0.5, 0.6) is 5.75 Å². The second kappa shape index (κ2) is 7.24. The van der Waals surface area contributed by atoms with Gasteiger partial charge >= 0.3 is 0 Å². The average Bonchev–Trinajstić information content (AvgIpc) is 2.30. The van der Waals surface area contributed by atoms with Crippen molar-refractivity contribution in [2.75, 3.05) is 11.9 Å². The van der Waals surface area contributed by atoms with Crippen LogP contribution in [0.25, 0.3) is 0 Å². The first kappa shape index (κ1) is 14.8. The molecule has 0 bridgehead atoms. The third kappa shape index (κ3) is 4.94. The number of nitrogens with one attached hydrogen (secondary N) is 1. The molecular weight excluding hydrogens is 229 g/mol. The molecule has 0 aliphatic carbocycles. The number of benzene rings is 1. The van der Waals surface area contributed by atoms with Crippen molar-refractivity contribution in [2.45, 2.75) is 46.6 Å². The van der Waals surface area contributed by atoms with E-state index in [0.717, 1.165) is 12.1 Å². The number of hydrogen-bond acceptors (Lipinski definition) is 2. The van der Waals surface area contributed by atoms with Gasteiger partial charge in [0.05, 0.1) is 12.3 Å². The van der Waals surface area contributed by atoms with E-state index in [0.29, 0.717) is 24.3 Å². The van der Waals surface area contributed by atoms with Gasteiger partial charge in [-0.2, -0.15) is 0 Å². The Labute approximate surface area is 110 Å². The van der Waals surface area contributed by atoms with Crippen molar-refractivity contribution in [3.05, 3.63) is 24.0 Å². The third-order valence-corrected chi connectivity index (χ3v) is 2.82. The molecule has 1 unspecified atom stereocenters. The van der Waals surface area contributed by atoms with Crippen molar-refractivity contribution < 1.29 is 9.13 Å². The predicted octanol–water partition coefficient (Wildman–Crippen LogP) is 4.46. The summed E-state index contributed by atoms with van der Waals surface area (Å²) in [7, 11) is 0. The van der Waals surface area contributed by atoms with Gasteiger partial charge in [-0.3, -0.25) is 0 Å². The Bertz CT molecular complexity index is 366. The summed E-state index contributed by atoms with van der Waals surface area (Å²) in [4.78, 5) is 0. The SMILES string of the molecule is CCOc1cc(F)ccc1NC(C)CCC(C)C. The molecule has 1 rings (SSSR count). The van der Waals surface area contributed by atoms with E-state index in [1.807, 2.05) is 6.92 Å². The van der Waals surface area contributed by atoms with E-state index in [2.05, 4.69) is 26.1 Å². The van der Waals surface area contributed by atoms with Gasteiger partial charge in [0.25, 0.3) is 0 Å². The van der Waals surface area contributed by atoms with E-state index in [1.165, 1.54) is 18.6 Å². The molecule has 0 spiro atoms. The number of anilines is 1. The smallest absolute Gasteiger partial charge is 0.145 e. The summed E-state index contributed by atoms with van der Waals surface area (Å²) >= 11 is 0. The summed E-state index contributed by atoms with van der Waals surface area (Å²) in [6.45, 7) is 9.02. The van der Waals surface area contributed by atoms with Crippen molar-refractivity contribution in [1.29, 1.82) is 0 Å². The van der Waals surface area contributed by atoms with E-state index in [-0.39, 0.29) is 5.82 Å². The van der Waals surface area contributed by atoms with Crippen molar-refractivity contribution in [2.24, 2.45) is 5.92 Å². The van der Waals surface area contributed by atoms with Crippen LogP contribution in [0, 0.1) is 11.7 Å². The molecule has 18 heavy (non-hydrogen) atoms. The zero-order valence-corrected chi connectivity index (χ0v) is 11.8. The average molecular weight is 253 g/mol. The summed E-state index contributed by atoms with van der Waals surface area (Å²) in [6, 6.07) is 4.99. The molecule has 0 fully saturated rings.